The van der Waals surface area contributed by atoms with E-state index >= 15 is 0 Å². The fourth-order valence-electron chi connectivity index (χ4n) is 1.73. The first kappa shape index (κ1) is 9.60. The van der Waals surface area contributed by atoms with E-state index in [0.717, 1.165) is 23.4 Å². The Morgan fingerprint density at radius 3 is 2.64 bits per heavy atom. The third-order valence-electron chi connectivity index (χ3n) is 2.42. The summed E-state index contributed by atoms with van der Waals surface area (Å²) in [6.07, 6.45) is 3.70. The van der Waals surface area contributed by atoms with Crippen molar-refractivity contribution in [2.75, 3.05) is 18.0 Å². The van der Waals surface area contributed by atoms with Crippen molar-refractivity contribution in [2.24, 2.45) is 0 Å². The summed E-state index contributed by atoms with van der Waals surface area (Å²) in [6, 6.07) is 3.73. The molecule has 0 N–H and O–H groups in total. The lowest BCUT2D eigenvalue weighted by Gasteiger charge is -2.26. The number of hydrogen-bond acceptors (Lipinski definition) is 3. The number of nitriles is 1. The van der Waals surface area contributed by atoms with Gasteiger partial charge >= 0.3 is 0 Å². The lowest BCUT2D eigenvalue weighted by molar-refractivity contribution is 0.493. The van der Waals surface area contributed by atoms with E-state index in [4.69, 9.17) is 9.68 Å². The van der Waals surface area contributed by atoms with E-state index in [0.29, 0.717) is 5.76 Å². The predicted molar refractivity (Wildman–Crippen MR) is 57.2 cm³/mol. The van der Waals surface area contributed by atoms with Gasteiger partial charge in [0.25, 0.3) is 0 Å². The maximum Gasteiger partial charge on any atom is 0.211 e. The zero-order chi connectivity index (χ0) is 9.97. The van der Waals surface area contributed by atoms with Gasteiger partial charge in [0, 0.05) is 19.2 Å². The Balaban J connectivity index is 2.22. The topological polar surface area (TPSA) is 40.2 Å². The van der Waals surface area contributed by atoms with E-state index in [1.165, 1.54) is 19.3 Å². The van der Waals surface area contributed by atoms with Crippen molar-refractivity contribution in [3.8, 4) is 6.07 Å². The molecule has 1 aliphatic rings. The van der Waals surface area contributed by atoms with E-state index in [1.807, 2.05) is 6.07 Å². The molecule has 0 spiro atoms. The van der Waals surface area contributed by atoms with Gasteiger partial charge in [-0.3, -0.25) is 0 Å². The van der Waals surface area contributed by atoms with Crippen LogP contribution in [0.4, 0.5) is 5.88 Å². The third-order valence-corrected chi connectivity index (χ3v) is 2.99. The molecular weight excluding hydrogens is 244 g/mol. The molecule has 0 aliphatic carbocycles. The van der Waals surface area contributed by atoms with Crippen molar-refractivity contribution in [3.05, 3.63) is 16.3 Å². The lowest BCUT2D eigenvalue weighted by Crippen LogP contribution is -2.29. The first-order chi connectivity index (χ1) is 6.81. The fourth-order valence-corrected chi connectivity index (χ4v) is 2.27. The van der Waals surface area contributed by atoms with Crippen LogP contribution in [0.15, 0.2) is 15.0 Å². The molecule has 74 valence electrons. The molecule has 0 atom stereocenters. The maximum atomic E-state index is 8.69. The summed E-state index contributed by atoms with van der Waals surface area (Å²) in [7, 11) is 0. The van der Waals surface area contributed by atoms with Crippen LogP contribution < -0.4 is 4.90 Å². The van der Waals surface area contributed by atoms with Crippen molar-refractivity contribution >= 4 is 21.8 Å². The van der Waals surface area contributed by atoms with Gasteiger partial charge in [-0.15, -0.1) is 0 Å². The molecule has 0 saturated carbocycles. The molecule has 0 radical (unpaired) electrons. The van der Waals surface area contributed by atoms with Crippen LogP contribution in [0.1, 0.15) is 25.0 Å². The highest BCUT2D eigenvalue weighted by Gasteiger charge is 2.18. The van der Waals surface area contributed by atoms with Crippen LogP contribution in [-0.2, 0) is 0 Å². The van der Waals surface area contributed by atoms with Gasteiger partial charge in [0.1, 0.15) is 6.07 Å². The summed E-state index contributed by atoms with van der Waals surface area (Å²) in [5.74, 6) is 1.18. The minimum absolute atomic E-state index is 0.373. The van der Waals surface area contributed by atoms with Crippen molar-refractivity contribution < 1.29 is 4.42 Å². The van der Waals surface area contributed by atoms with Crippen LogP contribution in [0.25, 0.3) is 0 Å². The molecule has 4 heteroatoms. The zero-order valence-corrected chi connectivity index (χ0v) is 9.38. The van der Waals surface area contributed by atoms with Gasteiger partial charge < -0.3 is 9.32 Å². The summed E-state index contributed by atoms with van der Waals surface area (Å²) < 4.78 is 6.31. The zero-order valence-electron chi connectivity index (χ0n) is 7.79. The summed E-state index contributed by atoms with van der Waals surface area (Å²) in [5, 5.41) is 8.69. The maximum absolute atomic E-state index is 8.69. The second kappa shape index (κ2) is 4.05. The Hall–Kier alpha value is -0.950. The van der Waals surface area contributed by atoms with Gasteiger partial charge in [0.15, 0.2) is 0 Å². The average Bonchev–Trinajstić information content (AvgIpc) is 2.61. The number of anilines is 1. The van der Waals surface area contributed by atoms with Crippen molar-refractivity contribution in [2.45, 2.75) is 19.3 Å². The van der Waals surface area contributed by atoms with Gasteiger partial charge in [0.05, 0.1) is 4.47 Å². The smallest absolute Gasteiger partial charge is 0.211 e. The molecule has 2 heterocycles. The van der Waals surface area contributed by atoms with Crippen LogP contribution in [0.5, 0.6) is 0 Å². The predicted octanol–water partition coefficient (Wildman–Crippen LogP) is 2.90. The van der Waals surface area contributed by atoms with Crippen molar-refractivity contribution in [3.63, 3.8) is 0 Å². The van der Waals surface area contributed by atoms with Crippen LogP contribution in [-0.4, -0.2) is 13.1 Å². The lowest BCUT2D eigenvalue weighted by atomic mass is 10.1. The van der Waals surface area contributed by atoms with Crippen LogP contribution in [0, 0.1) is 11.3 Å². The van der Waals surface area contributed by atoms with E-state index in [-0.39, 0.29) is 0 Å². The molecule has 0 unspecified atom stereocenters. The number of nitrogens with zero attached hydrogens (tertiary/aromatic N) is 2. The number of furan rings is 1. The molecule has 1 aliphatic heterocycles. The molecule has 0 bridgehead atoms. The van der Waals surface area contributed by atoms with Crippen LogP contribution in [0.3, 0.4) is 0 Å². The third kappa shape index (κ3) is 1.78. The molecule has 1 fully saturated rings. The molecular formula is C10H11BrN2O. The normalized spacial score (nSPS) is 16.7. The van der Waals surface area contributed by atoms with E-state index < -0.39 is 0 Å². The average molecular weight is 255 g/mol. The minimum Gasteiger partial charge on any atom is -0.429 e. The Labute approximate surface area is 91.4 Å². The molecule has 2 rings (SSSR count). The summed E-state index contributed by atoms with van der Waals surface area (Å²) >= 11 is 3.41. The Kier molecular flexibility index (Phi) is 2.78. The molecule has 0 amide bonds. The second-order valence-corrected chi connectivity index (χ2v) is 4.28. The van der Waals surface area contributed by atoms with Crippen LogP contribution in [0.2, 0.25) is 0 Å². The fraction of sp³-hybridized carbons (Fsp3) is 0.500. The highest BCUT2D eigenvalue weighted by Crippen LogP contribution is 2.31. The molecule has 1 saturated heterocycles. The summed E-state index contributed by atoms with van der Waals surface area (Å²) in [4.78, 5) is 2.19. The van der Waals surface area contributed by atoms with Crippen molar-refractivity contribution in [1.82, 2.24) is 0 Å². The largest absolute Gasteiger partial charge is 0.429 e. The summed E-state index contributed by atoms with van der Waals surface area (Å²) in [6.45, 7) is 2.05. The highest BCUT2D eigenvalue weighted by atomic mass is 79.9. The van der Waals surface area contributed by atoms with Crippen LogP contribution >= 0.6 is 15.9 Å². The second-order valence-electron chi connectivity index (χ2n) is 3.42. The Morgan fingerprint density at radius 2 is 2.07 bits per heavy atom. The van der Waals surface area contributed by atoms with Gasteiger partial charge in [-0.2, -0.15) is 5.26 Å². The first-order valence-corrected chi connectivity index (χ1v) is 5.55. The minimum atomic E-state index is 0.373. The molecule has 14 heavy (non-hydrogen) atoms. The highest BCUT2D eigenvalue weighted by molar-refractivity contribution is 9.10. The van der Waals surface area contributed by atoms with Gasteiger partial charge in [-0.25, -0.2) is 0 Å². The van der Waals surface area contributed by atoms with E-state index in [1.54, 1.807) is 6.07 Å². The SMILES string of the molecule is N#Cc1cc(Br)c(N2CCCCC2)o1. The summed E-state index contributed by atoms with van der Waals surface area (Å²) in [5.41, 5.74) is 0. The van der Waals surface area contributed by atoms with Gasteiger partial charge in [0.2, 0.25) is 11.6 Å². The van der Waals surface area contributed by atoms with E-state index in [2.05, 4.69) is 20.8 Å². The molecule has 3 nitrogen and oxygen atoms in total. The number of hydrogen-bond donors (Lipinski definition) is 0. The molecule has 1 aromatic rings. The quantitative estimate of drug-likeness (QED) is 0.774. The van der Waals surface area contributed by atoms with Gasteiger partial charge in [-0.1, -0.05) is 0 Å². The Bertz CT molecular complexity index is 361. The number of rotatable bonds is 1. The Morgan fingerprint density at radius 1 is 1.36 bits per heavy atom. The molecule has 1 aromatic heterocycles. The first-order valence-electron chi connectivity index (χ1n) is 4.75. The van der Waals surface area contributed by atoms with E-state index in [9.17, 15) is 0 Å². The standard InChI is InChI=1S/C10H11BrN2O/c11-9-6-8(7-12)14-10(9)13-4-2-1-3-5-13/h6H,1-5H2. The van der Waals surface area contributed by atoms with Gasteiger partial charge in [-0.05, 0) is 35.2 Å². The monoisotopic (exact) mass is 254 g/mol. The van der Waals surface area contributed by atoms with Crippen molar-refractivity contribution in [1.29, 1.82) is 5.26 Å². The number of piperidine rings is 1. The molecule has 0 aromatic carbocycles. The number of halogens is 1.